The second kappa shape index (κ2) is 10.9. The van der Waals surface area contributed by atoms with Gasteiger partial charge in [0.2, 0.25) is 11.8 Å². The molecule has 2 aromatic carbocycles. The van der Waals surface area contributed by atoms with E-state index in [9.17, 15) is 9.59 Å². The molecule has 0 spiro atoms. The van der Waals surface area contributed by atoms with E-state index >= 15 is 0 Å². The topological polar surface area (TPSA) is 84.6 Å². The number of nitrogens with zero attached hydrogens (tertiary/aromatic N) is 1. The fourth-order valence-electron chi connectivity index (χ4n) is 4.35. The lowest BCUT2D eigenvalue weighted by Crippen LogP contribution is -2.29. The molecule has 1 aliphatic carbocycles. The van der Waals surface area contributed by atoms with Gasteiger partial charge in [-0.05, 0) is 53.7 Å². The fraction of sp³-hybridized carbons (Fsp3) is 0.276. The van der Waals surface area contributed by atoms with Crippen LogP contribution in [-0.4, -0.2) is 17.5 Å². The molecule has 5 nitrogen and oxygen atoms in total. The lowest BCUT2D eigenvalue weighted by atomic mass is 9.91. The molecule has 176 valence electrons. The summed E-state index contributed by atoms with van der Waals surface area (Å²) in [6.45, 7) is 12.3. The van der Waals surface area contributed by atoms with Crippen molar-refractivity contribution in [1.82, 2.24) is 5.32 Å². The maximum atomic E-state index is 12.6. The molecule has 1 unspecified atom stereocenters. The average molecular weight is 456 g/mol. The summed E-state index contributed by atoms with van der Waals surface area (Å²) in [5, 5.41) is 3.11. The molecule has 3 N–H and O–H groups in total. The predicted octanol–water partition coefficient (Wildman–Crippen LogP) is 5.62. The molecule has 2 aromatic rings. The highest BCUT2D eigenvalue weighted by molar-refractivity contribution is 6.09. The number of nitrogens with two attached hydrogens (primary N) is 1. The van der Waals surface area contributed by atoms with E-state index in [1.54, 1.807) is 6.08 Å². The Hall–Kier alpha value is -3.73. The Morgan fingerprint density at radius 2 is 1.82 bits per heavy atom. The van der Waals surface area contributed by atoms with Gasteiger partial charge >= 0.3 is 0 Å². The molecule has 3 rings (SSSR count). The van der Waals surface area contributed by atoms with Crippen LogP contribution in [0.2, 0.25) is 0 Å². The Bertz CT molecular complexity index is 1200. The first-order valence-corrected chi connectivity index (χ1v) is 11.6. The molecule has 0 aliphatic heterocycles. The monoisotopic (exact) mass is 455 g/mol. The largest absolute Gasteiger partial charge is 0.370 e. The number of aliphatic imine (C=N–C) groups is 1. The van der Waals surface area contributed by atoms with Crippen molar-refractivity contribution in [2.75, 3.05) is 0 Å². The molecule has 5 heteroatoms. The van der Waals surface area contributed by atoms with Gasteiger partial charge in [0.25, 0.3) is 0 Å². The van der Waals surface area contributed by atoms with Crippen LogP contribution in [0.5, 0.6) is 0 Å². The summed E-state index contributed by atoms with van der Waals surface area (Å²) >= 11 is 0. The number of fused-ring (bicyclic) bond motifs is 3. The number of rotatable bonds is 9. The lowest BCUT2D eigenvalue weighted by molar-refractivity contribution is -0.125. The highest BCUT2D eigenvalue weighted by Crippen LogP contribution is 2.45. The predicted molar refractivity (Wildman–Crippen MR) is 139 cm³/mol. The Labute approximate surface area is 202 Å². The summed E-state index contributed by atoms with van der Waals surface area (Å²) in [5.41, 5.74) is 13.3. The number of hydrogen-bond donors (Lipinski definition) is 2. The molecule has 0 heterocycles. The van der Waals surface area contributed by atoms with E-state index in [0.717, 1.165) is 44.8 Å². The van der Waals surface area contributed by atoms with E-state index < -0.39 is 5.91 Å². The van der Waals surface area contributed by atoms with Crippen molar-refractivity contribution in [2.45, 2.75) is 46.6 Å². The summed E-state index contributed by atoms with van der Waals surface area (Å²) < 4.78 is 0. The van der Waals surface area contributed by atoms with Gasteiger partial charge in [0.15, 0.2) is 0 Å². The zero-order valence-electron chi connectivity index (χ0n) is 20.4. The van der Waals surface area contributed by atoms with E-state index in [4.69, 9.17) is 10.7 Å². The second-order valence-corrected chi connectivity index (χ2v) is 8.75. The van der Waals surface area contributed by atoms with Gasteiger partial charge in [-0.3, -0.25) is 14.6 Å². The van der Waals surface area contributed by atoms with Crippen LogP contribution in [0.3, 0.4) is 0 Å². The van der Waals surface area contributed by atoms with Crippen molar-refractivity contribution in [1.29, 1.82) is 0 Å². The molecule has 1 aliphatic rings. The smallest absolute Gasteiger partial charge is 0.221 e. The van der Waals surface area contributed by atoms with Gasteiger partial charge in [-0.2, -0.15) is 0 Å². The number of carbonyl (C=O) groups is 2. The minimum absolute atomic E-state index is 0.0273. The number of amides is 2. The van der Waals surface area contributed by atoms with Crippen LogP contribution in [0.4, 0.5) is 0 Å². The SMILES string of the molecule is C=C/C(N=C(c1cccc2c1-c1ccccc1C2NC(=O)CCC(N)=O)C(C)C)=C(C)\C=C/C. The van der Waals surface area contributed by atoms with Crippen LogP contribution in [0.25, 0.3) is 11.1 Å². The lowest BCUT2D eigenvalue weighted by Gasteiger charge is -2.18. The standard InChI is InChI=1S/C29H33N3O2/c1-6-11-19(5)24(7-2)31-28(18(3)4)22-14-10-15-23-27(22)20-12-8-9-13-21(20)29(23)32-26(34)17-16-25(30)33/h6-15,18,29H,2,16-17H2,1,3-5H3,(H2,30,33)(H,32,34)/b11-6-,24-19+,31-28?. The zero-order valence-corrected chi connectivity index (χ0v) is 20.4. The van der Waals surface area contributed by atoms with Crippen LogP contribution in [-0.2, 0) is 9.59 Å². The number of nitrogens with one attached hydrogen (secondary N) is 1. The third-order valence-corrected chi connectivity index (χ3v) is 5.93. The summed E-state index contributed by atoms with van der Waals surface area (Å²) in [4.78, 5) is 28.8. The van der Waals surface area contributed by atoms with Gasteiger partial charge in [0.05, 0.1) is 17.5 Å². The molecule has 0 radical (unpaired) electrons. The molecule has 0 saturated carbocycles. The van der Waals surface area contributed by atoms with E-state index in [-0.39, 0.29) is 30.7 Å². The van der Waals surface area contributed by atoms with E-state index in [1.165, 1.54) is 0 Å². The maximum Gasteiger partial charge on any atom is 0.221 e. The Balaban J connectivity index is 2.16. The Morgan fingerprint density at radius 1 is 1.12 bits per heavy atom. The number of primary amides is 1. The molecule has 0 saturated heterocycles. The van der Waals surface area contributed by atoms with Crippen LogP contribution < -0.4 is 11.1 Å². The first-order valence-electron chi connectivity index (χ1n) is 11.6. The van der Waals surface area contributed by atoms with Crippen molar-refractivity contribution < 1.29 is 9.59 Å². The van der Waals surface area contributed by atoms with E-state index in [2.05, 4.69) is 37.9 Å². The van der Waals surface area contributed by atoms with Crippen LogP contribution in [0, 0.1) is 5.92 Å². The van der Waals surface area contributed by atoms with Crippen molar-refractivity contribution in [3.8, 4) is 11.1 Å². The minimum atomic E-state index is -0.485. The number of benzene rings is 2. The first kappa shape index (κ1) is 24.9. The highest BCUT2D eigenvalue weighted by atomic mass is 16.2. The van der Waals surface area contributed by atoms with E-state index in [1.807, 2.05) is 56.3 Å². The van der Waals surface area contributed by atoms with Gasteiger partial charge in [-0.1, -0.05) is 75.0 Å². The van der Waals surface area contributed by atoms with E-state index in [0.29, 0.717) is 0 Å². The quantitative estimate of drug-likeness (QED) is 0.380. The number of carbonyl (C=O) groups excluding carboxylic acids is 2. The molecule has 0 bridgehead atoms. The van der Waals surface area contributed by atoms with Gasteiger partial charge in [-0.15, -0.1) is 0 Å². The zero-order chi connectivity index (χ0) is 24.8. The highest BCUT2D eigenvalue weighted by Gasteiger charge is 2.32. The van der Waals surface area contributed by atoms with Crippen molar-refractivity contribution in [2.24, 2.45) is 16.6 Å². The first-order chi connectivity index (χ1) is 16.3. The van der Waals surface area contributed by atoms with Crippen LogP contribution in [0.15, 0.2) is 83.5 Å². The normalized spacial score (nSPS) is 15.7. The van der Waals surface area contributed by atoms with Crippen molar-refractivity contribution in [3.05, 3.63) is 95.2 Å². The van der Waals surface area contributed by atoms with Crippen molar-refractivity contribution in [3.63, 3.8) is 0 Å². The van der Waals surface area contributed by atoms with Gasteiger partial charge in [0.1, 0.15) is 0 Å². The van der Waals surface area contributed by atoms with Crippen LogP contribution in [0.1, 0.15) is 63.3 Å². The summed E-state index contributed by atoms with van der Waals surface area (Å²) in [5.74, 6) is -0.522. The minimum Gasteiger partial charge on any atom is -0.370 e. The molecule has 34 heavy (non-hydrogen) atoms. The third-order valence-electron chi connectivity index (χ3n) is 5.93. The summed E-state index contributed by atoms with van der Waals surface area (Å²) in [6.07, 6.45) is 5.90. The third kappa shape index (κ3) is 5.25. The van der Waals surface area contributed by atoms with Crippen LogP contribution >= 0.6 is 0 Å². The second-order valence-electron chi connectivity index (χ2n) is 8.75. The summed E-state index contributed by atoms with van der Waals surface area (Å²) in [7, 11) is 0. The van der Waals surface area contributed by atoms with Gasteiger partial charge in [-0.25, -0.2) is 0 Å². The number of hydrogen-bond acceptors (Lipinski definition) is 3. The molecule has 0 fully saturated rings. The molecule has 1 atom stereocenters. The molecule has 0 aromatic heterocycles. The average Bonchev–Trinajstić information content (AvgIpc) is 3.12. The Kier molecular flexibility index (Phi) is 8.00. The summed E-state index contributed by atoms with van der Waals surface area (Å²) in [6, 6.07) is 14.0. The molecular weight excluding hydrogens is 422 g/mol. The number of allylic oxidation sites excluding steroid dienone is 4. The van der Waals surface area contributed by atoms with Gasteiger partial charge in [0, 0.05) is 18.4 Å². The maximum absolute atomic E-state index is 12.6. The molecular formula is C29H33N3O2. The van der Waals surface area contributed by atoms with Crippen molar-refractivity contribution >= 4 is 17.5 Å². The Morgan fingerprint density at radius 3 is 2.47 bits per heavy atom. The van der Waals surface area contributed by atoms with Gasteiger partial charge < -0.3 is 11.1 Å². The fourth-order valence-corrected chi connectivity index (χ4v) is 4.35. The molecule has 2 amide bonds.